The van der Waals surface area contributed by atoms with E-state index in [4.69, 9.17) is 27.9 Å². The Labute approximate surface area is 171 Å². The topological polar surface area (TPSA) is 50.7 Å². The van der Waals surface area contributed by atoms with Crippen molar-refractivity contribution in [1.29, 1.82) is 0 Å². The molecule has 0 aliphatic carbocycles. The molecule has 0 saturated carbocycles. The van der Waals surface area contributed by atoms with Gasteiger partial charge in [0.05, 0.1) is 6.21 Å². The molecule has 0 bridgehead atoms. The van der Waals surface area contributed by atoms with E-state index in [2.05, 4.69) is 10.5 Å². The molecule has 28 heavy (non-hydrogen) atoms. The summed E-state index contributed by atoms with van der Waals surface area (Å²) in [6, 6.07) is 17.6. The van der Waals surface area contributed by atoms with Gasteiger partial charge in [0.15, 0.2) is 0 Å². The molecule has 0 aliphatic heterocycles. The number of hydrogen-bond donors (Lipinski definition) is 1. The fourth-order valence-electron chi connectivity index (χ4n) is 2.28. The van der Waals surface area contributed by atoms with Gasteiger partial charge in [-0.15, -0.1) is 0 Å². The first kappa shape index (κ1) is 19.9. The number of benzene rings is 3. The van der Waals surface area contributed by atoms with E-state index in [1.165, 1.54) is 30.5 Å². The summed E-state index contributed by atoms with van der Waals surface area (Å²) in [7, 11) is 0. The van der Waals surface area contributed by atoms with Crippen LogP contribution in [0.15, 0.2) is 71.8 Å². The molecule has 3 aromatic carbocycles. The molecule has 0 spiro atoms. The van der Waals surface area contributed by atoms with Crippen molar-refractivity contribution in [3.8, 4) is 5.75 Å². The molecule has 0 radical (unpaired) electrons. The Morgan fingerprint density at radius 2 is 1.75 bits per heavy atom. The highest BCUT2D eigenvalue weighted by atomic mass is 35.5. The summed E-state index contributed by atoms with van der Waals surface area (Å²) in [6.45, 7) is 0.317. The molecule has 0 heterocycles. The number of ether oxygens (including phenoxy) is 1. The lowest BCUT2D eigenvalue weighted by atomic mass is 10.2. The summed E-state index contributed by atoms with van der Waals surface area (Å²) >= 11 is 12.0. The minimum absolute atomic E-state index is 0.317. The van der Waals surface area contributed by atoms with Gasteiger partial charge in [-0.05, 0) is 66.2 Å². The lowest BCUT2D eigenvalue weighted by Crippen LogP contribution is -2.17. The van der Waals surface area contributed by atoms with Gasteiger partial charge >= 0.3 is 0 Å². The Kier molecular flexibility index (Phi) is 6.63. The molecule has 0 aromatic heterocycles. The predicted molar refractivity (Wildman–Crippen MR) is 109 cm³/mol. The van der Waals surface area contributed by atoms with E-state index in [9.17, 15) is 9.18 Å². The highest BCUT2D eigenvalue weighted by molar-refractivity contribution is 6.35. The zero-order valence-electron chi connectivity index (χ0n) is 14.5. The summed E-state index contributed by atoms with van der Waals surface area (Å²) in [5.74, 6) is -0.157. The number of nitrogens with zero attached hydrogens (tertiary/aromatic N) is 1. The van der Waals surface area contributed by atoms with Crippen LogP contribution in [0.3, 0.4) is 0 Å². The van der Waals surface area contributed by atoms with Crippen LogP contribution in [0.25, 0.3) is 0 Å². The van der Waals surface area contributed by atoms with E-state index < -0.39 is 11.7 Å². The van der Waals surface area contributed by atoms with Crippen LogP contribution in [-0.4, -0.2) is 12.1 Å². The number of halogens is 3. The molecule has 7 heteroatoms. The molecule has 3 rings (SSSR count). The van der Waals surface area contributed by atoms with Gasteiger partial charge in [0, 0.05) is 21.2 Å². The first-order valence-electron chi connectivity index (χ1n) is 8.27. The summed E-state index contributed by atoms with van der Waals surface area (Å²) in [5, 5.41) is 5.02. The average molecular weight is 417 g/mol. The molecule has 0 saturated heterocycles. The highest BCUT2D eigenvalue weighted by Gasteiger charge is 2.04. The maximum absolute atomic E-state index is 12.9. The van der Waals surface area contributed by atoms with Crippen molar-refractivity contribution in [3.63, 3.8) is 0 Å². The molecule has 0 unspecified atom stereocenters. The minimum atomic E-state index is -0.420. The zero-order valence-corrected chi connectivity index (χ0v) is 16.0. The lowest BCUT2D eigenvalue weighted by molar-refractivity contribution is 0.0955. The minimum Gasteiger partial charge on any atom is -0.489 e. The lowest BCUT2D eigenvalue weighted by Gasteiger charge is -2.08. The van der Waals surface area contributed by atoms with Crippen LogP contribution >= 0.6 is 23.2 Å². The van der Waals surface area contributed by atoms with Gasteiger partial charge in [-0.3, -0.25) is 4.79 Å². The molecule has 1 amide bonds. The first-order valence-corrected chi connectivity index (χ1v) is 9.02. The molecule has 0 atom stereocenters. The maximum atomic E-state index is 12.9. The van der Waals surface area contributed by atoms with Crippen LogP contribution in [0.4, 0.5) is 4.39 Å². The van der Waals surface area contributed by atoms with Gasteiger partial charge in [-0.2, -0.15) is 5.10 Å². The second-order valence-corrected chi connectivity index (χ2v) is 6.64. The molecule has 142 valence electrons. The van der Waals surface area contributed by atoms with Crippen LogP contribution in [0.5, 0.6) is 5.75 Å². The van der Waals surface area contributed by atoms with Gasteiger partial charge < -0.3 is 4.74 Å². The van der Waals surface area contributed by atoms with E-state index in [1.54, 1.807) is 36.4 Å². The number of hydrazone groups is 1. The quantitative estimate of drug-likeness (QED) is 0.427. The van der Waals surface area contributed by atoms with Gasteiger partial charge in [-0.25, -0.2) is 9.82 Å². The Bertz CT molecular complexity index is 990. The summed E-state index contributed by atoms with van der Waals surface area (Å²) in [4.78, 5) is 11.9. The molecular weight excluding hydrogens is 402 g/mol. The van der Waals surface area contributed by atoms with Crippen molar-refractivity contribution >= 4 is 35.3 Å². The number of rotatable bonds is 6. The fraction of sp³-hybridized carbons (Fsp3) is 0.0476. The van der Waals surface area contributed by atoms with Gasteiger partial charge in [0.1, 0.15) is 18.2 Å². The Morgan fingerprint density at radius 1 is 1.04 bits per heavy atom. The molecular formula is C21H15Cl2FN2O2. The van der Waals surface area contributed by atoms with Gasteiger partial charge in [0.2, 0.25) is 0 Å². The van der Waals surface area contributed by atoms with Crippen molar-refractivity contribution in [2.45, 2.75) is 6.61 Å². The van der Waals surface area contributed by atoms with E-state index in [-0.39, 0.29) is 0 Å². The van der Waals surface area contributed by atoms with Crippen LogP contribution < -0.4 is 10.2 Å². The van der Waals surface area contributed by atoms with Crippen LogP contribution in [0, 0.1) is 5.82 Å². The van der Waals surface area contributed by atoms with Gasteiger partial charge in [0.25, 0.3) is 5.91 Å². The Hall–Kier alpha value is -2.89. The standard InChI is InChI=1S/C21H15Cl2FN2O2/c22-17-6-3-16(20(23)11-17)13-28-19-9-1-14(2-10-19)12-25-26-21(27)15-4-7-18(24)8-5-15/h1-12H,13H2,(H,26,27)/b25-12-. The number of carbonyl (C=O) groups excluding carboxylic acids is 1. The smallest absolute Gasteiger partial charge is 0.271 e. The SMILES string of the molecule is O=C(N/N=C\c1ccc(OCc2ccc(Cl)cc2Cl)cc1)c1ccc(F)cc1. The van der Waals surface area contributed by atoms with E-state index in [0.29, 0.717) is 28.0 Å². The van der Waals surface area contributed by atoms with Crippen molar-refractivity contribution in [3.05, 3.63) is 99.3 Å². The molecule has 4 nitrogen and oxygen atoms in total. The summed E-state index contributed by atoms with van der Waals surface area (Å²) in [5.41, 5.74) is 4.32. The van der Waals surface area contributed by atoms with E-state index in [1.807, 2.05) is 6.07 Å². The largest absolute Gasteiger partial charge is 0.489 e. The predicted octanol–water partition coefficient (Wildman–Crippen LogP) is 5.48. The van der Waals surface area contributed by atoms with E-state index in [0.717, 1.165) is 11.1 Å². The highest BCUT2D eigenvalue weighted by Crippen LogP contribution is 2.22. The van der Waals surface area contributed by atoms with Crippen LogP contribution in [0.2, 0.25) is 10.0 Å². The normalized spacial score (nSPS) is 10.8. The third kappa shape index (κ3) is 5.55. The number of amides is 1. The maximum Gasteiger partial charge on any atom is 0.271 e. The van der Waals surface area contributed by atoms with Gasteiger partial charge in [-0.1, -0.05) is 29.3 Å². The van der Waals surface area contributed by atoms with Crippen molar-refractivity contribution < 1.29 is 13.9 Å². The Balaban J connectivity index is 1.53. The number of hydrogen-bond acceptors (Lipinski definition) is 3. The fourth-order valence-corrected chi connectivity index (χ4v) is 2.74. The second-order valence-electron chi connectivity index (χ2n) is 5.80. The molecule has 1 N–H and O–H groups in total. The number of nitrogens with one attached hydrogen (secondary N) is 1. The number of carbonyl (C=O) groups is 1. The summed E-state index contributed by atoms with van der Waals surface area (Å²) in [6.07, 6.45) is 1.50. The molecule has 3 aromatic rings. The van der Waals surface area contributed by atoms with Crippen molar-refractivity contribution in [2.24, 2.45) is 5.10 Å². The third-order valence-electron chi connectivity index (χ3n) is 3.78. The van der Waals surface area contributed by atoms with Crippen LogP contribution in [-0.2, 0) is 6.61 Å². The average Bonchev–Trinajstić information content (AvgIpc) is 2.69. The van der Waals surface area contributed by atoms with Crippen LogP contribution in [0.1, 0.15) is 21.5 Å². The molecule has 0 fully saturated rings. The van der Waals surface area contributed by atoms with Crippen molar-refractivity contribution in [1.82, 2.24) is 5.43 Å². The Morgan fingerprint density at radius 3 is 2.43 bits per heavy atom. The third-order valence-corrected chi connectivity index (χ3v) is 4.36. The summed E-state index contributed by atoms with van der Waals surface area (Å²) < 4.78 is 18.6. The second kappa shape index (κ2) is 9.35. The molecule has 0 aliphatic rings. The zero-order chi connectivity index (χ0) is 19.9. The monoisotopic (exact) mass is 416 g/mol. The first-order chi connectivity index (χ1) is 13.5. The van der Waals surface area contributed by atoms with Crippen molar-refractivity contribution in [2.75, 3.05) is 0 Å². The van der Waals surface area contributed by atoms with E-state index >= 15 is 0 Å².